The maximum Gasteiger partial charge on any atom is 0.329 e. The summed E-state index contributed by atoms with van der Waals surface area (Å²) in [6.45, 7) is 5.65. The van der Waals surface area contributed by atoms with E-state index in [1.54, 1.807) is 19.1 Å². The number of aliphatic carboxylic acids is 1. The average molecular weight is 394 g/mol. The first-order chi connectivity index (χ1) is 13.8. The molecule has 2 aromatic carbocycles. The van der Waals surface area contributed by atoms with Crippen molar-refractivity contribution in [2.75, 3.05) is 0 Å². The second-order valence-corrected chi connectivity index (χ2v) is 7.95. The molecule has 2 unspecified atom stereocenters. The number of imide groups is 1. The van der Waals surface area contributed by atoms with Crippen LogP contribution in [0.1, 0.15) is 38.3 Å². The van der Waals surface area contributed by atoms with Crippen LogP contribution >= 0.6 is 0 Å². The van der Waals surface area contributed by atoms with Crippen LogP contribution in [0, 0.1) is 5.92 Å². The minimum atomic E-state index is -1.28. The van der Waals surface area contributed by atoms with Crippen LogP contribution in [0.5, 0.6) is 0 Å². The summed E-state index contributed by atoms with van der Waals surface area (Å²) in [6, 6.07) is 16.7. The van der Waals surface area contributed by atoms with E-state index in [0.717, 1.165) is 10.5 Å². The van der Waals surface area contributed by atoms with E-state index in [4.69, 9.17) is 0 Å². The summed E-state index contributed by atoms with van der Waals surface area (Å²) >= 11 is 0. The molecule has 0 aliphatic carbocycles. The molecule has 0 aromatic heterocycles. The van der Waals surface area contributed by atoms with Crippen molar-refractivity contribution in [3.05, 3.63) is 71.8 Å². The summed E-state index contributed by atoms with van der Waals surface area (Å²) in [6.07, 6.45) is 0.205. The molecule has 1 N–H and O–H groups in total. The van der Waals surface area contributed by atoms with Crippen LogP contribution in [-0.2, 0) is 21.7 Å². The third-order valence-electron chi connectivity index (χ3n) is 5.42. The quantitative estimate of drug-likeness (QED) is 0.723. The fourth-order valence-corrected chi connectivity index (χ4v) is 3.83. The fraction of sp³-hybridized carbons (Fsp3) is 0.348. The number of carboxylic acid groups (broad SMARTS) is 1. The third-order valence-corrected chi connectivity index (χ3v) is 5.42. The second kappa shape index (κ2) is 8.07. The molecule has 3 rings (SSSR count). The van der Waals surface area contributed by atoms with E-state index in [1.165, 1.54) is 4.90 Å². The van der Waals surface area contributed by atoms with E-state index in [9.17, 15) is 19.5 Å². The van der Waals surface area contributed by atoms with Crippen molar-refractivity contribution < 1.29 is 19.5 Å². The van der Waals surface area contributed by atoms with Crippen LogP contribution in [0.2, 0.25) is 0 Å². The molecule has 0 bridgehead atoms. The molecule has 2 aromatic rings. The smallest absolute Gasteiger partial charge is 0.329 e. The van der Waals surface area contributed by atoms with Crippen molar-refractivity contribution in [1.29, 1.82) is 0 Å². The number of urea groups is 1. The van der Waals surface area contributed by atoms with Crippen LogP contribution in [-0.4, -0.2) is 38.9 Å². The maximum absolute atomic E-state index is 13.6. The van der Waals surface area contributed by atoms with Gasteiger partial charge in [-0.1, -0.05) is 74.5 Å². The number of hydrogen-bond donors (Lipinski definition) is 1. The van der Waals surface area contributed by atoms with Gasteiger partial charge in [-0.15, -0.1) is 0 Å². The van der Waals surface area contributed by atoms with Gasteiger partial charge in [0, 0.05) is 6.54 Å². The Hall–Kier alpha value is -3.15. The number of carbonyl (C=O) groups is 3. The summed E-state index contributed by atoms with van der Waals surface area (Å²) in [5.74, 6) is -1.65. The highest BCUT2D eigenvalue weighted by molar-refractivity contribution is 6.09. The zero-order valence-corrected chi connectivity index (χ0v) is 16.9. The molecule has 1 heterocycles. The van der Waals surface area contributed by atoms with Crippen molar-refractivity contribution in [2.24, 2.45) is 5.92 Å². The monoisotopic (exact) mass is 394 g/mol. The highest BCUT2D eigenvalue weighted by Gasteiger charge is 2.58. The van der Waals surface area contributed by atoms with Crippen molar-refractivity contribution in [3.63, 3.8) is 0 Å². The lowest BCUT2D eigenvalue weighted by molar-refractivity contribution is -0.148. The highest BCUT2D eigenvalue weighted by Crippen LogP contribution is 2.40. The van der Waals surface area contributed by atoms with Gasteiger partial charge in [0.25, 0.3) is 5.91 Å². The van der Waals surface area contributed by atoms with Gasteiger partial charge in [-0.2, -0.15) is 0 Å². The maximum atomic E-state index is 13.6. The van der Waals surface area contributed by atoms with E-state index in [2.05, 4.69) is 0 Å². The molecule has 1 aliphatic heterocycles. The average Bonchev–Trinajstić information content (AvgIpc) is 2.89. The topological polar surface area (TPSA) is 77.9 Å². The van der Waals surface area contributed by atoms with Crippen LogP contribution in [0.15, 0.2) is 60.7 Å². The summed E-state index contributed by atoms with van der Waals surface area (Å²) in [5.41, 5.74) is 0.248. The molecule has 1 saturated heterocycles. The van der Waals surface area contributed by atoms with Crippen LogP contribution < -0.4 is 0 Å². The zero-order chi connectivity index (χ0) is 21.2. The number of benzene rings is 2. The first-order valence-electron chi connectivity index (χ1n) is 9.74. The van der Waals surface area contributed by atoms with Gasteiger partial charge >= 0.3 is 12.0 Å². The van der Waals surface area contributed by atoms with E-state index < -0.39 is 29.5 Å². The largest absolute Gasteiger partial charge is 0.480 e. The molecule has 0 radical (unpaired) electrons. The number of hydrogen-bond acceptors (Lipinski definition) is 3. The van der Waals surface area contributed by atoms with Crippen molar-refractivity contribution in [2.45, 2.75) is 45.3 Å². The molecular formula is C23H26N2O4. The van der Waals surface area contributed by atoms with Gasteiger partial charge in [0.1, 0.15) is 11.6 Å². The Balaban J connectivity index is 2.09. The Kier molecular flexibility index (Phi) is 5.73. The van der Waals surface area contributed by atoms with Gasteiger partial charge in [-0.25, -0.2) is 14.5 Å². The molecule has 6 nitrogen and oxygen atoms in total. The molecule has 6 heteroatoms. The number of nitrogens with zero attached hydrogens (tertiary/aromatic N) is 2. The van der Waals surface area contributed by atoms with Gasteiger partial charge in [-0.05, 0) is 30.4 Å². The van der Waals surface area contributed by atoms with Crippen molar-refractivity contribution >= 4 is 17.9 Å². The lowest BCUT2D eigenvalue weighted by Gasteiger charge is -2.32. The van der Waals surface area contributed by atoms with Crippen molar-refractivity contribution in [1.82, 2.24) is 9.80 Å². The lowest BCUT2D eigenvalue weighted by Crippen LogP contribution is -2.47. The number of rotatable bonds is 7. The second-order valence-electron chi connectivity index (χ2n) is 7.95. The van der Waals surface area contributed by atoms with Crippen LogP contribution in [0.4, 0.5) is 4.79 Å². The molecule has 152 valence electrons. The molecule has 0 saturated carbocycles. The number of amides is 3. The van der Waals surface area contributed by atoms with E-state index in [-0.39, 0.29) is 18.9 Å². The molecule has 29 heavy (non-hydrogen) atoms. The Morgan fingerprint density at radius 1 is 1.00 bits per heavy atom. The van der Waals surface area contributed by atoms with Gasteiger partial charge in [0.2, 0.25) is 0 Å². The van der Waals surface area contributed by atoms with Crippen LogP contribution in [0.3, 0.4) is 0 Å². The lowest BCUT2D eigenvalue weighted by atomic mass is 9.89. The van der Waals surface area contributed by atoms with Gasteiger partial charge in [-0.3, -0.25) is 4.79 Å². The first-order valence-corrected chi connectivity index (χ1v) is 9.74. The molecule has 3 amide bonds. The summed E-state index contributed by atoms with van der Waals surface area (Å²) in [5, 5.41) is 9.77. The molecular weight excluding hydrogens is 368 g/mol. The van der Waals surface area contributed by atoms with E-state index in [1.807, 2.05) is 62.4 Å². The normalized spacial score (nSPS) is 20.4. The van der Waals surface area contributed by atoms with Gasteiger partial charge < -0.3 is 10.0 Å². The molecule has 1 fully saturated rings. The molecule has 1 aliphatic rings. The first kappa shape index (κ1) is 20.6. The predicted molar refractivity (Wildman–Crippen MR) is 109 cm³/mol. The Morgan fingerprint density at radius 2 is 1.55 bits per heavy atom. The standard InChI is InChI=1S/C23H26N2O4/c1-16(2)14-19(20(26)27)25-21(28)23(3,18-12-8-5-9-13-18)24(22(25)29)15-17-10-6-4-7-11-17/h4-13,16,19H,14-15H2,1-3H3,(H,26,27). The molecule has 0 spiro atoms. The minimum absolute atomic E-state index is 0.0165. The minimum Gasteiger partial charge on any atom is -0.480 e. The number of carboxylic acids is 1. The van der Waals surface area contributed by atoms with Crippen LogP contribution in [0.25, 0.3) is 0 Å². The van der Waals surface area contributed by atoms with Gasteiger partial charge in [0.15, 0.2) is 0 Å². The summed E-state index contributed by atoms with van der Waals surface area (Å²) in [4.78, 5) is 41.4. The van der Waals surface area contributed by atoms with E-state index in [0.29, 0.717) is 5.56 Å². The molecule has 2 atom stereocenters. The highest BCUT2D eigenvalue weighted by atomic mass is 16.4. The fourth-order valence-electron chi connectivity index (χ4n) is 3.83. The SMILES string of the molecule is CC(C)CC(C(=O)O)N1C(=O)N(Cc2ccccc2)C(C)(c2ccccc2)C1=O. The van der Waals surface area contributed by atoms with Gasteiger partial charge in [0.05, 0.1) is 0 Å². The summed E-state index contributed by atoms with van der Waals surface area (Å²) < 4.78 is 0. The zero-order valence-electron chi connectivity index (χ0n) is 16.9. The summed E-state index contributed by atoms with van der Waals surface area (Å²) in [7, 11) is 0. The Labute approximate surface area is 170 Å². The predicted octanol–water partition coefficient (Wildman–Crippen LogP) is 3.87. The van der Waals surface area contributed by atoms with E-state index >= 15 is 0 Å². The Bertz CT molecular complexity index is 898. The van der Waals surface area contributed by atoms with Crippen molar-refractivity contribution in [3.8, 4) is 0 Å². The Morgan fingerprint density at radius 3 is 2.07 bits per heavy atom. The number of carbonyl (C=O) groups excluding carboxylic acids is 2. The third kappa shape index (κ3) is 3.75.